The van der Waals surface area contributed by atoms with Crippen LogP contribution in [0.5, 0.6) is 0 Å². The van der Waals surface area contributed by atoms with Crippen molar-refractivity contribution in [2.24, 2.45) is 0 Å². The minimum atomic E-state index is -0.317. The summed E-state index contributed by atoms with van der Waals surface area (Å²) < 4.78 is 5.05. The number of ether oxygens (including phenoxy) is 1. The molecule has 11 heavy (non-hydrogen) atoms. The Morgan fingerprint density at radius 2 is 1.91 bits per heavy atom. The molecule has 1 radical (unpaired) electrons. The quantitative estimate of drug-likeness (QED) is 0.644. The predicted octanol–water partition coefficient (Wildman–Crippen LogP) is 2.12. The zero-order chi connectivity index (χ0) is 8.32. The van der Waals surface area contributed by atoms with Crippen molar-refractivity contribution in [3.63, 3.8) is 0 Å². The van der Waals surface area contributed by atoms with Crippen LogP contribution in [-0.2, 0) is 10.3 Å². The third kappa shape index (κ3) is 1.77. The van der Waals surface area contributed by atoms with E-state index in [1.54, 1.807) is 12.4 Å². The highest BCUT2D eigenvalue weighted by Crippen LogP contribution is 2.22. The molecule has 0 bridgehead atoms. The number of nitrogens with zero attached hydrogens (tertiary/aromatic N) is 1. The standard InChI is InChI=1S/C9H12NO/c1-9(2,11-3)8-4-6-10-7-5-8/h4-7H,3H2,1-2H3. The molecule has 0 unspecified atom stereocenters. The molecule has 0 N–H and O–H groups in total. The van der Waals surface area contributed by atoms with Gasteiger partial charge in [-0.1, -0.05) is 0 Å². The Balaban J connectivity index is 2.93. The SMILES string of the molecule is [CH2]OC(C)(C)c1ccncc1. The van der Waals surface area contributed by atoms with Gasteiger partial charge in [0.2, 0.25) is 0 Å². The van der Waals surface area contributed by atoms with E-state index in [-0.39, 0.29) is 5.60 Å². The number of pyridine rings is 1. The molecule has 0 saturated carbocycles. The summed E-state index contributed by atoms with van der Waals surface area (Å²) in [5, 5.41) is 0. The van der Waals surface area contributed by atoms with Gasteiger partial charge in [-0.2, -0.15) is 0 Å². The first kappa shape index (κ1) is 8.21. The van der Waals surface area contributed by atoms with Crippen LogP contribution >= 0.6 is 0 Å². The van der Waals surface area contributed by atoms with Crippen molar-refractivity contribution >= 4 is 0 Å². The molecular formula is C9H12NO. The Labute approximate surface area is 67.2 Å². The highest BCUT2D eigenvalue weighted by Gasteiger charge is 2.18. The van der Waals surface area contributed by atoms with Crippen LogP contribution in [0.1, 0.15) is 19.4 Å². The van der Waals surface area contributed by atoms with Crippen LogP contribution in [0.25, 0.3) is 0 Å². The van der Waals surface area contributed by atoms with Crippen molar-refractivity contribution < 1.29 is 4.74 Å². The second kappa shape index (κ2) is 3.01. The molecule has 1 aromatic rings. The van der Waals surface area contributed by atoms with Crippen molar-refractivity contribution in [3.05, 3.63) is 37.2 Å². The fourth-order valence-corrected chi connectivity index (χ4v) is 0.837. The van der Waals surface area contributed by atoms with Gasteiger partial charge in [-0.15, -0.1) is 0 Å². The van der Waals surface area contributed by atoms with Crippen molar-refractivity contribution in [1.82, 2.24) is 4.98 Å². The van der Waals surface area contributed by atoms with E-state index in [1.807, 2.05) is 26.0 Å². The van der Waals surface area contributed by atoms with E-state index >= 15 is 0 Å². The van der Waals surface area contributed by atoms with Crippen LogP contribution in [0.3, 0.4) is 0 Å². The maximum absolute atomic E-state index is 5.05. The molecule has 0 aromatic carbocycles. The number of hydrogen-bond donors (Lipinski definition) is 0. The van der Waals surface area contributed by atoms with Crippen LogP contribution in [0.2, 0.25) is 0 Å². The maximum atomic E-state index is 5.05. The summed E-state index contributed by atoms with van der Waals surface area (Å²) in [5.41, 5.74) is 0.769. The molecular weight excluding hydrogens is 138 g/mol. The van der Waals surface area contributed by atoms with Crippen molar-refractivity contribution in [1.29, 1.82) is 0 Å². The molecule has 0 aliphatic rings. The molecule has 59 valence electrons. The Bertz CT molecular complexity index is 218. The van der Waals surface area contributed by atoms with E-state index in [0.29, 0.717) is 0 Å². The van der Waals surface area contributed by atoms with Gasteiger partial charge >= 0.3 is 0 Å². The third-order valence-corrected chi connectivity index (χ3v) is 1.74. The normalized spacial score (nSPS) is 11.5. The molecule has 1 heterocycles. The molecule has 0 fully saturated rings. The molecule has 0 spiro atoms. The molecule has 0 aliphatic carbocycles. The lowest BCUT2D eigenvalue weighted by Crippen LogP contribution is -2.18. The van der Waals surface area contributed by atoms with Crippen LogP contribution in [0.4, 0.5) is 0 Å². The van der Waals surface area contributed by atoms with Gasteiger partial charge in [0.1, 0.15) is 0 Å². The molecule has 0 amide bonds. The Kier molecular flexibility index (Phi) is 2.25. The van der Waals surface area contributed by atoms with Crippen molar-refractivity contribution in [3.8, 4) is 0 Å². The van der Waals surface area contributed by atoms with Gasteiger partial charge < -0.3 is 4.74 Å². The van der Waals surface area contributed by atoms with Crippen LogP contribution in [0, 0.1) is 7.11 Å². The van der Waals surface area contributed by atoms with E-state index in [1.165, 1.54) is 0 Å². The van der Waals surface area contributed by atoms with E-state index < -0.39 is 0 Å². The molecule has 0 atom stereocenters. The number of hydrogen-bond acceptors (Lipinski definition) is 2. The average Bonchev–Trinajstić information content (AvgIpc) is 2.06. The summed E-state index contributed by atoms with van der Waals surface area (Å²) in [6, 6.07) is 3.84. The Hall–Kier alpha value is -0.890. The molecule has 2 nitrogen and oxygen atoms in total. The monoisotopic (exact) mass is 150 g/mol. The van der Waals surface area contributed by atoms with Crippen LogP contribution < -0.4 is 0 Å². The molecule has 0 saturated heterocycles. The third-order valence-electron chi connectivity index (χ3n) is 1.74. The topological polar surface area (TPSA) is 22.1 Å². The summed E-state index contributed by atoms with van der Waals surface area (Å²) in [4.78, 5) is 3.92. The zero-order valence-electron chi connectivity index (χ0n) is 6.87. The van der Waals surface area contributed by atoms with Gasteiger partial charge in [-0.3, -0.25) is 4.98 Å². The maximum Gasteiger partial charge on any atom is 0.0877 e. The first-order chi connectivity index (χ1) is 5.17. The van der Waals surface area contributed by atoms with Gasteiger partial charge in [-0.05, 0) is 31.5 Å². The second-order valence-corrected chi connectivity index (χ2v) is 2.89. The lowest BCUT2D eigenvalue weighted by molar-refractivity contribution is 0.0495. The highest BCUT2D eigenvalue weighted by molar-refractivity contribution is 5.17. The molecule has 1 rings (SSSR count). The largest absolute Gasteiger partial charge is 0.368 e. The van der Waals surface area contributed by atoms with Crippen molar-refractivity contribution in [2.75, 3.05) is 0 Å². The fourth-order valence-electron chi connectivity index (χ4n) is 0.837. The van der Waals surface area contributed by atoms with Gasteiger partial charge in [0.05, 0.1) is 12.7 Å². The molecule has 1 aromatic heterocycles. The predicted molar refractivity (Wildman–Crippen MR) is 43.7 cm³/mol. The summed E-state index contributed by atoms with van der Waals surface area (Å²) in [7, 11) is 3.41. The summed E-state index contributed by atoms with van der Waals surface area (Å²) in [6.07, 6.45) is 3.49. The van der Waals surface area contributed by atoms with E-state index in [9.17, 15) is 0 Å². The van der Waals surface area contributed by atoms with Gasteiger partial charge in [0.15, 0.2) is 0 Å². The molecule has 2 heteroatoms. The zero-order valence-corrected chi connectivity index (χ0v) is 6.87. The summed E-state index contributed by atoms with van der Waals surface area (Å²) in [5.74, 6) is 0. The minimum absolute atomic E-state index is 0.317. The second-order valence-electron chi connectivity index (χ2n) is 2.89. The van der Waals surface area contributed by atoms with Crippen LogP contribution in [-0.4, -0.2) is 4.98 Å². The van der Waals surface area contributed by atoms with E-state index in [0.717, 1.165) is 5.56 Å². The van der Waals surface area contributed by atoms with Crippen molar-refractivity contribution in [2.45, 2.75) is 19.4 Å². The smallest absolute Gasteiger partial charge is 0.0877 e. The first-order valence-corrected chi connectivity index (χ1v) is 3.50. The van der Waals surface area contributed by atoms with E-state index in [2.05, 4.69) is 12.1 Å². The number of aromatic nitrogens is 1. The lowest BCUT2D eigenvalue weighted by Gasteiger charge is -2.22. The van der Waals surface area contributed by atoms with Gasteiger partial charge in [-0.25, -0.2) is 0 Å². The van der Waals surface area contributed by atoms with Crippen LogP contribution in [0.15, 0.2) is 24.5 Å². The summed E-state index contributed by atoms with van der Waals surface area (Å²) in [6.45, 7) is 3.94. The average molecular weight is 150 g/mol. The Morgan fingerprint density at radius 3 is 2.36 bits per heavy atom. The highest BCUT2D eigenvalue weighted by atomic mass is 16.5. The van der Waals surface area contributed by atoms with Gasteiger partial charge in [0.25, 0.3) is 0 Å². The fraction of sp³-hybridized carbons (Fsp3) is 0.333. The minimum Gasteiger partial charge on any atom is -0.368 e. The Morgan fingerprint density at radius 1 is 1.36 bits per heavy atom. The first-order valence-electron chi connectivity index (χ1n) is 3.50. The number of rotatable bonds is 2. The summed E-state index contributed by atoms with van der Waals surface area (Å²) >= 11 is 0. The molecule has 0 aliphatic heterocycles. The lowest BCUT2D eigenvalue weighted by atomic mass is 10.00. The van der Waals surface area contributed by atoms with E-state index in [4.69, 9.17) is 4.74 Å². The van der Waals surface area contributed by atoms with Gasteiger partial charge in [0, 0.05) is 12.4 Å².